The van der Waals surface area contributed by atoms with E-state index in [1.165, 1.54) is 12.4 Å². The number of nitrogens with zero attached hydrogens (tertiary/aromatic N) is 2. The molecule has 0 saturated heterocycles. The van der Waals surface area contributed by atoms with E-state index in [-0.39, 0.29) is 5.95 Å². The van der Waals surface area contributed by atoms with Gasteiger partial charge in [0, 0.05) is 19.0 Å². The number of hydrogen-bond acceptors (Lipinski definition) is 7. The van der Waals surface area contributed by atoms with Gasteiger partial charge < -0.3 is 27.1 Å². The van der Waals surface area contributed by atoms with Crippen LogP contribution in [0.1, 0.15) is 12.5 Å². The van der Waals surface area contributed by atoms with E-state index in [4.69, 9.17) is 22.7 Å². The van der Waals surface area contributed by atoms with Gasteiger partial charge in [0.15, 0.2) is 5.82 Å². The lowest BCUT2D eigenvalue weighted by Crippen LogP contribution is -2.36. The number of carbonyl (C=O) groups is 1. The molecular weight excluding hydrogens is 354 g/mol. The molecule has 0 unspecified atom stereocenters. The molecule has 1 atom stereocenters. The van der Waals surface area contributed by atoms with Crippen molar-refractivity contribution in [1.82, 2.24) is 15.3 Å². The van der Waals surface area contributed by atoms with Crippen LogP contribution in [0.15, 0.2) is 48.4 Å². The maximum atomic E-state index is 11.0. The Bertz CT molecular complexity index is 795. The van der Waals surface area contributed by atoms with E-state index in [1.807, 2.05) is 30.3 Å². The van der Waals surface area contributed by atoms with Gasteiger partial charge in [-0.1, -0.05) is 41.9 Å². The fourth-order valence-electron chi connectivity index (χ4n) is 1.87. The number of anilines is 2. The quantitative estimate of drug-likeness (QED) is 0.428. The van der Waals surface area contributed by atoms with Gasteiger partial charge in [0.2, 0.25) is 11.9 Å². The van der Waals surface area contributed by atoms with Gasteiger partial charge in [-0.3, -0.25) is 4.79 Å². The van der Waals surface area contributed by atoms with Gasteiger partial charge in [0.05, 0.1) is 11.9 Å². The Hall–Kier alpha value is -3.13. The summed E-state index contributed by atoms with van der Waals surface area (Å²) in [6, 6.07) is 9.26. The molecule has 26 heavy (non-hydrogen) atoms. The predicted octanol–water partition coefficient (Wildman–Crippen LogP) is 2.11. The molecule has 6 N–H and O–H groups in total. The highest BCUT2D eigenvalue weighted by Crippen LogP contribution is 2.20. The molecule has 0 bridgehead atoms. The summed E-state index contributed by atoms with van der Waals surface area (Å²) >= 11 is 6.13. The van der Waals surface area contributed by atoms with Crippen LogP contribution in [0.25, 0.3) is 0 Å². The number of primary amides is 1. The largest absolute Gasteiger partial charge is 0.378 e. The highest BCUT2D eigenvalue weighted by Gasteiger charge is 2.08. The van der Waals surface area contributed by atoms with Gasteiger partial charge in [-0.15, -0.1) is 0 Å². The first-order chi connectivity index (χ1) is 12.5. The number of nitrogens with two attached hydrogens (primary N) is 1. The van der Waals surface area contributed by atoms with Crippen LogP contribution in [0.2, 0.25) is 5.02 Å². The molecule has 8 nitrogen and oxygen atoms in total. The Morgan fingerprint density at radius 1 is 1.38 bits per heavy atom. The third-order valence-electron chi connectivity index (χ3n) is 3.37. The molecule has 1 amide bonds. The fraction of sp³-hybridized carbons (Fsp3) is 0.176. The Morgan fingerprint density at radius 2 is 2.12 bits per heavy atom. The van der Waals surface area contributed by atoms with Crippen molar-refractivity contribution < 1.29 is 4.79 Å². The maximum Gasteiger partial charge on any atom is 0.239 e. The number of nitrogens with one attached hydrogen (secondary N) is 4. The van der Waals surface area contributed by atoms with E-state index >= 15 is 0 Å². The molecule has 2 aromatic rings. The summed E-state index contributed by atoms with van der Waals surface area (Å²) < 4.78 is 0. The summed E-state index contributed by atoms with van der Waals surface area (Å²) in [5, 5.41) is 16.6. The Balaban J connectivity index is 2.06. The number of hydrogen-bond donors (Lipinski definition) is 5. The second kappa shape index (κ2) is 9.38. The number of benzene rings is 1. The molecule has 1 aromatic carbocycles. The van der Waals surface area contributed by atoms with Crippen molar-refractivity contribution in [2.24, 2.45) is 5.73 Å². The van der Waals surface area contributed by atoms with Gasteiger partial charge in [-0.05, 0) is 12.5 Å². The van der Waals surface area contributed by atoms with Crippen LogP contribution in [0.5, 0.6) is 0 Å². The minimum Gasteiger partial charge on any atom is -0.378 e. The highest BCUT2D eigenvalue weighted by atomic mass is 35.5. The van der Waals surface area contributed by atoms with E-state index < -0.39 is 11.9 Å². The summed E-state index contributed by atoms with van der Waals surface area (Å²) in [5.74, 6) is 0.227. The molecule has 1 heterocycles. The van der Waals surface area contributed by atoms with Crippen molar-refractivity contribution in [3.05, 3.63) is 59.0 Å². The minimum absolute atomic E-state index is 0.258. The topological polar surface area (TPSA) is 129 Å². The zero-order valence-corrected chi connectivity index (χ0v) is 14.9. The van der Waals surface area contributed by atoms with E-state index in [0.717, 1.165) is 11.8 Å². The first-order valence-electron chi connectivity index (χ1n) is 7.83. The molecular formula is C17H20ClN7O. The lowest BCUT2D eigenvalue weighted by molar-refractivity contribution is -0.119. The Labute approximate surface area is 156 Å². The standard InChI is InChI=1S/C17H20ClN7O/c1-11(15(20)26)21-9-13(7-19)24-17-23-10-14(18)16(25-17)22-8-12-5-3-2-4-6-12/h2-7,9-11,19,21H,8H2,1H3,(H2,20,26)(H2,22,23,24,25)/b13-9+,19-7?/t11-/m1/s1. The Morgan fingerprint density at radius 3 is 2.77 bits per heavy atom. The average Bonchev–Trinajstić information content (AvgIpc) is 2.65. The molecule has 0 aliphatic rings. The van der Waals surface area contributed by atoms with Crippen LogP contribution in [0, 0.1) is 5.41 Å². The van der Waals surface area contributed by atoms with Gasteiger partial charge in [-0.2, -0.15) is 4.98 Å². The second-order valence-electron chi connectivity index (χ2n) is 5.39. The Kier molecular flexibility index (Phi) is 6.92. The normalized spacial score (nSPS) is 12.2. The SMILES string of the molecule is C[C@@H](N/C=C(\C=N)Nc1ncc(Cl)c(NCc2ccccc2)n1)C(N)=O. The number of halogens is 1. The molecule has 2 rings (SSSR count). The zero-order valence-electron chi connectivity index (χ0n) is 14.2. The molecule has 0 radical (unpaired) electrons. The first kappa shape index (κ1) is 19.2. The lowest BCUT2D eigenvalue weighted by atomic mass is 10.2. The smallest absolute Gasteiger partial charge is 0.239 e. The highest BCUT2D eigenvalue weighted by molar-refractivity contribution is 6.32. The summed E-state index contributed by atoms with van der Waals surface area (Å²) in [4.78, 5) is 19.4. The van der Waals surface area contributed by atoms with Crippen molar-refractivity contribution in [3.8, 4) is 0 Å². The zero-order chi connectivity index (χ0) is 18.9. The molecule has 9 heteroatoms. The fourth-order valence-corrected chi connectivity index (χ4v) is 2.03. The molecule has 0 fully saturated rings. The van der Waals surface area contributed by atoms with Gasteiger partial charge in [0.25, 0.3) is 0 Å². The predicted molar refractivity (Wildman–Crippen MR) is 103 cm³/mol. The van der Waals surface area contributed by atoms with Crippen LogP contribution in [-0.4, -0.2) is 28.1 Å². The van der Waals surface area contributed by atoms with Crippen molar-refractivity contribution in [1.29, 1.82) is 5.41 Å². The number of carbonyl (C=O) groups excluding carboxylic acids is 1. The van der Waals surface area contributed by atoms with Crippen LogP contribution >= 0.6 is 11.6 Å². The second-order valence-corrected chi connectivity index (χ2v) is 5.80. The van der Waals surface area contributed by atoms with Crippen molar-refractivity contribution in [3.63, 3.8) is 0 Å². The summed E-state index contributed by atoms with van der Waals surface area (Å²) in [5.41, 5.74) is 6.62. The summed E-state index contributed by atoms with van der Waals surface area (Å²) in [7, 11) is 0. The van der Waals surface area contributed by atoms with Gasteiger partial charge in [-0.25, -0.2) is 4.98 Å². The lowest BCUT2D eigenvalue weighted by Gasteiger charge is -2.12. The first-order valence-corrected chi connectivity index (χ1v) is 8.20. The minimum atomic E-state index is -0.569. The van der Waals surface area contributed by atoms with Crippen LogP contribution in [0.3, 0.4) is 0 Å². The average molecular weight is 374 g/mol. The van der Waals surface area contributed by atoms with Crippen molar-refractivity contribution in [2.75, 3.05) is 10.6 Å². The van der Waals surface area contributed by atoms with Gasteiger partial charge >= 0.3 is 0 Å². The molecule has 0 aliphatic heterocycles. The third-order valence-corrected chi connectivity index (χ3v) is 3.65. The van der Waals surface area contributed by atoms with Gasteiger partial charge in [0.1, 0.15) is 11.1 Å². The summed E-state index contributed by atoms with van der Waals surface area (Å²) in [6.07, 6.45) is 3.98. The molecule has 0 spiro atoms. The number of allylic oxidation sites excluding steroid dienone is 1. The van der Waals surface area contributed by atoms with Crippen LogP contribution in [0.4, 0.5) is 11.8 Å². The van der Waals surface area contributed by atoms with E-state index in [9.17, 15) is 4.79 Å². The third kappa shape index (κ3) is 5.75. The molecule has 0 aliphatic carbocycles. The van der Waals surface area contributed by atoms with E-state index in [2.05, 4.69) is 25.9 Å². The van der Waals surface area contributed by atoms with E-state index in [1.54, 1.807) is 6.92 Å². The van der Waals surface area contributed by atoms with Crippen molar-refractivity contribution >= 4 is 35.5 Å². The number of aromatic nitrogens is 2. The summed E-state index contributed by atoms with van der Waals surface area (Å²) in [6.45, 7) is 2.17. The number of rotatable bonds is 9. The monoisotopic (exact) mass is 373 g/mol. The molecule has 1 aromatic heterocycles. The maximum absolute atomic E-state index is 11.0. The van der Waals surface area contributed by atoms with Crippen LogP contribution in [-0.2, 0) is 11.3 Å². The molecule has 0 saturated carbocycles. The molecule has 136 valence electrons. The van der Waals surface area contributed by atoms with Crippen molar-refractivity contribution in [2.45, 2.75) is 19.5 Å². The van der Waals surface area contributed by atoms with Crippen LogP contribution < -0.4 is 21.7 Å². The van der Waals surface area contributed by atoms with E-state index in [0.29, 0.717) is 23.1 Å². The number of amides is 1.